The van der Waals surface area contributed by atoms with Gasteiger partial charge in [-0.3, -0.25) is 19.2 Å². The summed E-state index contributed by atoms with van der Waals surface area (Å²) >= 11 is 0. The number of aliphatic hydroxyl groups excluding tert-OH is 4. The Labute approximate surface area is 570 Å². The minimum Gasteiger partial charge on any atom is -0.545 e. The molecule has 0 saturated carbocycles. The molecule has 0 spiro atoms. The van der Waals surface area contributed by atoms with Gasteiger partial charge in [0.15, 0.2) is 0 Å². The number of aromatic carboxylic acids is 2. The molecule has 0 unspecified atom stereocenters. The average molecular weight is 1290 g/mol. The number of benzene rings is 4. The number of hydrogen-bond donors (Lipinski definition) is 8. The zero-order chi connectivity index (χ0) is 65.7. The second-order valence-corrected chi connectivity index (χ2v) is 21.8. The molecule has 26 heteroatoms. The number of aliphatic hydroxyl groups is 4. The third-order valence-corrected chi connectivity index (χ3v) is 14.4. The number of aromatic nitrogens is 4. The molecule has 0 fully saturated rings. The van der Waals surface area contributed by atoms with E-state index in [0.717, 1.165) is 12.4 Å². The van der Waals surface area contributed by atoms with E-state index in [2.05, 4.69) is 20.6 Å². The van der Waals surface area contributed by atoms with Crippen LogP contribution in [0.2, 0.25) is 0 Å². The molecule has 0 bridgehead atoms. The summed E-state index contributed by atoms with van der Waals surface area (Å²) in [5.74, 6) is -8.38. The molecule has 472 valence electrons. The summed E-state index contributed by atoms with van der Waals surface area (Å²) in [4.78, 5) is 80.5. The number of rotatable bonds is 26. The number of carboxylic acid groups (broad SMARTS) is 4. The molecule has 4 heterocycles. The third kappa shape index (κ3) is 19.6. The number of aliphatic carboxylic acids is 2. The van der Waals surface area contributed by atoms with Crippen LogP contribution in [0, 0.1) is 23.3 Å². The van der Waals surface area contributed by atoms with Gasteiger partial charge < -0.3 is 70.2 Å². The predicted octanol–water partition coefficient (Wildman–Crippen LogP) is 2.43. The number of anilines is 2. The summed E-state index contributed by atoms with van der Waals surface area (Å²) in [6.45, 7) is 7.35. The van der Waals surface area contributed by atoms with Gasteiger partial charge in [-0.25, -0.2) is 27.5 Å². The Morgan fingerprint density at radius 2 is 0.728 bits per heavy atom. The molecular formula is C66H64F4N6Na2O14. The van der Waals surface area contributed by atoms with Crippen LogP contribution in [0.15, 0.2) is 134 Å². The van der Waals surface area contributed by atoms with Gasteiger partial charge in [0.1, 0.15) is 46.3 Å². The Balaban J connectivity index is 0.000000327. The van der Waals surface area contributed by atoms with Gasteiger partial charge in [-0.1, -0.05) is 48.5 Å². The van der Waals surface area contributed by atoms with Crippen molar-refractivity contribution in [2.75, 3.05) is 10.6 Å². The van der Waals surface area contributed by atoms with Crippen LogP contribution in [0.5, 0.6) is 0 Å². The van der Waals surface area contributed by atoms with E-state index in [0.29, 0.717) is 55.9 Å². The number of amides is 2. The monoisotopic (exact) mass is 1290 g/mol. The van der Waals surface area contributed by atoms with Crippen LogP contribution in [0.3, 0.4) is 0 Å². The van der Waals surface area contributed by atoms with E-state index in [1.165, 1.54) is 97.1 Å². The Morgan fingerprint density at radius 1 is 0.446 bits per heavy atom. The van der Waals surface area contributed by atoms with Crippen molar-refractivity contribution < 1.29 is 146 Å². The van der Waals surface area contributed by atoms with Gasteiger partial charge in [0.2, 0.25) is 0 Å². The van der Waals surface area contributed by atoms with Gasteiger partial charge in [-0.15, -0.1) is 0 Å². The molecule has 4 aromatic heterocycles. The molecule has 0 aliphatic heterocycles. The number of carbonyl (C=O) groups is 6. The SMILES string of the molecule is CC(C)n1c(CC[C@@H](O)C[C@@H](O)CC(=O)O)c(-c2ccc(F)cc2)c(-c2ccc(F)cc2)c1C(=O)Nc1ccc(C(=O)[O-])cn1.CC(C)n1c(CC[C@@H](O)C[C@@H](O)CC(=O)O)c(-c2ccc(F)cc2)c(-c2ccc(F)cc2)c1C(=O)Nc1ccc(C(=O)[O-])cn1.[Na+].[Na+]. The van der Waals surface area contributed by atoms with Gasteiger partial charge in [0.25, 0.3) is 11.8 Å². The molecular weight excluding hydrogens is 1220 g/mol. The van der Waals surface area contributed by atoms with E-state index < -0.39 is 96.2 Å². The molecule has 0 aliphatic carbocycles. The van der Waals surface area contributed by atoms with Crippen molar-refractivity contribution in [2.45, 2.75) is 116 Å². The van der Waals surface area contributed by atoms with Crippen LogP contribution in [-0.4, -0.2) is 110 Å². The van der Waals surface area contributed by atoms with Crippen molar-refractivity contribution >= 4 is 47.3 Å². The smallest absolute Gasteiger partial charge is 0.545 e. The number of nitrogens with zero attached hydrogens (tertiary/aromatic N) is 4. The maximum atomic E-state index is 14.1. The van der Waals surface area contributed by atoms with Gasteiger partial charge in [0.05, 0.1) is 49.2 Å². The van der Waals surface area contributed by atoms with E-state index in [-0.39, 0.29) is 144 Å². The van der Waals surface area contributed by atoms with Gasteiger partial charge >= 0.3 is 71.1 Å². The van der Waals surface area contributed by atoms with Gasteiger partial charge in [-0.05, 0) is 161 Å². The minimum absolute atomic E-state index is 0. The predicted molar refractivity (Wildman–Crippen MR) is 319 cm³/mol. The zero-order valence-corrected chi connectivity index (χ0v) is 55.1. The Bertz CT molecular complexity index is 3600. The normalized spacial score (nSPS) is 12.3. The van der Waals surface area contributed by atoms with E-state index >= 15 is 0 Å². The molecule has 92 heavy (non-hydrogen) atoms. The van der Waals surface area contributed by atoms with Crippen molar-refractivity contribution in [1.82, 2.24) is 19.1 Å². The fraction of sp³-hybridized carbons (Fsp3) is 0.273. The van der Waals surface area contributed by atoms with Gasteiger partial charge in [0, 0.05) is 69.2 Å². The first-order valence-electron chi connectivity index (χ1n) is 28.4. The number of pyridine rings is 2. The van der Waals surface area contributed by atoms with Crippen LogP contribution in [-0.2, 0) is 22.4 Å². The fourth-order valence-corrected chi connectivity index (χ4v) is 10.6. The zero-order valence-electron chi connectivity index (χ0n) is 51.1. The van der Waals surface area contributed by atoms with Crippen LogP contribution < -0.4 is 80.0 Å². The first kappa shape index (κ1) is 74.8. The summed E-state index contributed by atoms with van der Waals surface area (Å²) in [6, 6.07) is 26.6. The summed E-state index contributed by atoms with van der Waals surface area (Å²) < 4.78 is 59.7. The van der Waals surface area contributed by atoms with E-state index in [9.17, 15) is 77.0 Å². The number of carboxylic acids is 4. The second kappa shape index (κ2) is 34.1. The second-order valence-electron chi connectivity index (χ2n) is 21.8. The molecule has 0 radical (unpaired) electrons. The number of carbonyl (C=O) groups excluding carboxylic acids is 4. The molecule has 8 rings (SSSR count). The van der Waals surface area contributed by atoms with Gasteiger partial charge in [-0.2, -0.15) is 0 Å². The molecule has 0 aliphatic rings. The third-order valence-electron chi connectivity index (χ3n) is 14.4. The molecule has 4 aromatic carbocycles. The largest absolute Gasteiger partial charge is 1.00 e. The fourth-order valence-electron chi connectivity index (χ4n) is 10.6. The Morgan fingerprint density at radius 3 is 0.967 bits per heavy atom. The van der Waals surface area contributed by atoms with E-state index in [1.54, 1.807) is 33.4 Å². The van der Waals surface area contributed by atoms with Crippen molar-refractivity contribution in [3.63, 3.8) is 0 Å². The first-order chi connectivity index (χ1) is 42.7. The minimum atomic E-state index is -1.43. The average Bonchev–Trinajstić information content (AvgIpc) is 1.60. The molecule has 8 N–H and O–H groups in total. The molecule has 8 aromatic rings. The van der Waals surface area contributed by atoms with Crippen LogP contribution in [0.25, 0.3) is 44.5 Å². The maximum Gasteiger partial charge on any atom is 1.00 e. The summed E-state index contributed by atoms with van der Waals surface area (Å²) in [5.41, 5.74) is 4.96. The quantitative estimate of drug-likeness (QED) is 0.0285. The summed E-state index contributed by atoms with van der Waals surface area (Å²) in [6.07, 6.45) is -3.58. The van der Waals surface area contributed by atoms with E-state index in [1.807, 2.05) is 27.7 Å². The standard InChI is InChI=1S/2C33H33F2N3O7.2Na/c2*1-18(2)38-26(13-12-24(39)15-25(40)16-28(41)42)29(19-3-8-22(34)9-4-19)30(20-5-10-23(35)11-6-20)31(38)32(43)37-27-14-7-21(17-36-27)33(44)45;;/h2*3-11,14,17-18,24-25,39-40H,12-13,15-16H2,1-2H3,(H,41,42)(H,44,45)(H,36,37,43);;/q;;2*+1/p-2/t2*24-,25-;;/m11../s1. The van der Waals surface area contributed by atoms with Crippen molar-refractivity contribution in [3.8, 4) is 44.5 Å². The Hall–Kier alpha value is -7.88. The molecule has 0 saturated heterocycles. The topological polar surface area (TPSA) is 330 Å². The first-order valence-corrected chi connectivity index (χ1v) is 28.4. The van der Waals surface area contributed by atoms with E-state index in [4.69, 9.17) is 10.2 Å². The summed E-state index contributed by atoms with van der Waals surface area (Å²) in [5, 5.41) is 87.2. The molecule has 2 amide bonds. The molecule has 20 nitrogen and oxygen atoms in total. The maximum absolute atomic E-state index is 14.1. The number of hydrogen-bond acceptors (Lipinski definition) is 14. The summed E-state index contributed by atoms with van der Waals surface area (Å²) in [7, 11) is 0. The van der Waals surface area contributed by atoms with Crippen molar-refractivity contribution in [2.24, 2.45) is 0 Å². The van der Waals surface area contributed by atoms with Crippen LogP contribution in [0.4, 0.5) is 29.2 Å². The van der Waals surface area contributed by atoms with Crippen molar-refractivity contribution in [3.05, 3.63) is 191 Å². The van der Waals surface area contributed by atoms with Crippen LogP contribution >= 0.6 is 0 Å². The number of nitrogens with one attached hydrogen (secondary N) is 2. The van der Waals surface area contributed by atoms with Crippen molar-refractivity contribution in [1.29, 1.82) is 0 Å². The van der Waals surface area contributed by atoms with Crippen LogP contribution in [0.1, 0.15) is 131 Å². The number of halogens is 4. The molecule has 4 atom stereocenters. The Kier molecular flexibility index (Phi) is 27.8.